The molecule has 4 nitrogen and oxygen atoms in total. The highest BCUT2D eigenvalue weighted by molar-refractivity contribution is 5.80. The van der Waals surface area contributed by atoms with Gasteiger partial charge in [0.2, 0.25) is 5.91 Å². The van der Waals surface area contributed by atoms with Crippen molar-refractivity contribution in [3.05, 3.63) is 0 Å². The smallest absolute Gasteiger partial charge is 0.248 e. The van der Waals surface area contributed by atoms with Crippen molar-refractivity contribution in [2.45, 2.75) is 45.8 Å². The van der Waals surface area contributed by atoms with E-state index in [1.807, 2.05) is 20.8 Å². The first-order valence-corrected chi connectivity index (χ1v) is 5.14. The van der Waals surface area contributed by atoms with Gasteiger partial charge in [-0.2, -0.15) is 0 Å². The number of hydrogen-bond acceptors (Lipinski definition) is 3. The molecule has 84 valence electrons. The van der Waals surface area contributed by atoms with Crippen molar-refractivity contribution in [2.24, 2.45) is 5.73 Å². The molecule has 0 saturated heterocycles. The van der Waals surface area contributed by atoms with Crippen LogP contribution in [-0.4, -0.2) is 30.7 Å². The van der Waals surface area contributed by atoms with E-state index in [1.54, 1.807) is 6.92 Å². The number of nitrogens with two attached hydrogens (primary N) is 1. The Bertz CT molecular complexity index is 179. The molecule has 1 amide bonds. The van der Waals surface area contributed by atoms with Gasteiger partial charge in [-0.1, -0.05) is 6.92 Å². The molecule has 0 aliphatic heterocycles. The Morgan fingerprint density at radius 2 is 2.14 bits per heavy atom. The zero-order valence-corrected chi connectivity index (χ0v) is 9.59. The van der Waals surface area contributed by atoms with Crippen molar-refractivity contribution in [3.63, 3.8) is 0 Å². The molecule has 0 fully saturated rings. The highest BCUT2D eigenvalue weighted by Crippen LogP contribution is 2.15. The fourth-order valence-corrected chi connectivity index (χ4v) is 1.07. The van der Waals surface area contributed by atoms with Gasteiger partial charge in [0.25, 0.3) is 0 Å². The standard InChI is InChI=1S/C10H22N2O2/c1-5-10(4,7-11)14-8(3)9(13)12-6-2/h8H,5-7,11H2,1-4H3,(H,12,13). The summed E-state index contributed by atoms with van der Waals surface area (Å²) in [7, 11) is 0. The van der Waals surface area contributed by atoms with Gasteiger partial charge in [0, 0.05) is 13.1 Å². The van der Waals surface area contributed by atoms with Crippen LogP contribution in [0.3, 0.4) is 0 Å². The Hall–Kier alpha value is -0.610. The average Bonchev–Trinajstić information content (AvgIpc) is 2.18. The summed E-state index contributed by atoms with van der Waals surface area (Å²) < 4.78 is 5.61. The average molecular weight is 202 g/mol. The lowest BCUT2D eigenvalue weighted by molar-refractivity contribution is -0.143. The van der Waals surface area contributed by atoms with Gasteiger partial charge in [-0.3, -0.25) is 4.79 Å². The van der Waals surface area contributed by atoms with Gasteiger partial charge < -0.3 is 15.8 Å². The van der Waals surface area contributed by atoms with Crippen molar-refractivity contribution in [1.82, 2.24) is 5.32 Å². The number of rotatable bonds is 6. The van der Waals surface area contributed by atoms with Gasteiger partial charge in [0.15, 0.2) is 0 Å². The predicted molar refractivity (Wildman–Crippen MR) is 57.0 cm³/mol. The Balaban J connectivity index is 4.15. The van der Waals surface area contributed by atoms with E-state index in [2.05, 4.69) is 5.32 Å². The van der Waals surface area contributed by atoms with Gasteiger partial charge in [-0.15, -0.1) is 0 Å². The maximum Gasteiger partial charge on any atom is 0.248 e. The summed E-state index contributed by atoms with van der Waals surface area (Å²) in [6.07, 6.45) is 0.358. The lowest BCUT2D eigenvalue weighted by Crippen LogP contribution is -2.44. The molecule has 0 saturated carbocycles. The molecule has 0 rings (SSSR count). The molecular weight excluding hydrogens is 180 g/mol. The van der Waals surface area contributed by atoms with Crippen LogP contribution in [0.1, 0.15) is 34.1 Å². The molecule has 0 aromatic rings. The predicted octanol–water partition coefficient (Wildman–Crippen LogP) is 0.655. The number of ether oxygens (including phenoxy) is 1. The molecule has 0 bridgehead atoms. The van der Waals surface area contributed by atoms with Crippen LogP contribution in [0.4, 0.5) is 0 Å². The first kappa shape index (κ1) is 13.4. The number of amides is 1. The second-order valence-electron chi connectivity index (χ2n) is 3.66. The highest BCUT2D eigenvalue weighted by Gasteiger charge is 2.26. The third-order valence-electron chi connectivity index (χ3n) is 2.36. The fraction of sp³-hybridized carbons (Fsp3) is 0.900. The van der Waals surface area contributed by atoms with Crippen molar-refractivity contribution >= 4 is 5.91 Å². The van der Waals surface area contributed by atoms with Crippen LogP contribution in [0.15, 0.2) is 0 Å². The van der Waals surface area contributed by atoms with E-state index in [4.69, 9.17) is 10.5 Å². The summed E-state index contributed by atoms with van der Waals surface area (Å²) in [6, 6.07) is 0. The van der Waals surface area contributed by atoms with Crippen molar-refractivity contribution < 1.29 is 9.53 Å². The Kier molecular flexibility index (Phi) is 5.72. The number of carbonyl (C=O) groups is 1. The summed E-state index contributed by atoms with van der Waals surface area (Å²) >= 11 is 0. The highest BCUT2D eigenvalue weighted by atomic mass is 16.5. The normalized spacial score (nSPS) is 17.2. The third kappa shape index (κ3) is 4.07. The minimum Gasteiger partial charge on any atom is -0.361 e. The van der Waals surface area contributed by atoms with E-state index in [9.17, 15) is 4.79 Å². The first-order chi connectivity index (χ1) is 6.49. The van der Waals surface area contributed by atoms with Crippen LogP contribution >= 0.6 is 0 Å². The molecule has 0 aromatic heterocycles. The Labute approximate surface area is 86.2 Å². The van der Waals surface area contributed by atoms with Crippen LogP contribution in [0.5, 0.6) is 0 Å². The van der Waals surface area contributed by atoms with Gasteiger partial charge >= 0.3 is 0 Å². The number of nitrogens with one attached hydrogen (secondary N) is 1. The molecule has 2 atom stereocenters. The molecule has 3 N–H and O–H groups in total. The summed E-state index contributed by atoms with van der Waals surface area (Å²) in [6.45, 7) is 8.59. The maximum absolute atomic E-state index is 11.4. The second-order valence-corrected chi connectivity index (χ2v) is 3.66. The first-order valence-electron chi connectivity index (χ1n) is 5.14. The van der Waals surface area contributed by atoms with E-state index in [0.717, 1.165) is 6.42 Å². The minimum atomic E-state index is -0.441. The third-order valence-corrected chi connectivity index (χ3v) is 2.36. The zero-order chi connectivity index (χ0) is 11.2. The van der Waals surface area contributed by atoms with E-state index >= 15 is 0 Å². The molecule has 0 aliphatic carbocycles. The maximum atomic E-state index is 11.4. The number of likely N-dealkylation sites (N-methyl/N-ethyl adjacent to an activating group) is 1. The van der Waals surface area contributed by atoms with Crippen LogP contribution < -0.4 is 11.1 Å². The molecule has 2 unspecified atom stereocenters. The van der Waals surface area contributed by atoms with Crippen LogP contribution in [0.25, 0.3) is 0 Å². The van der Waals surface area contributed by atoms with Gasteiger partial charge in [0.1, 0.15) is 6.10 Å². The fourth-order valence-electron chi connectivity index (χ4n) is 1.07. The van der Waals surface area contributed by atoms with E-state index in [0.29, 0.717) is 13.1 Å². The number of carbonyl (C=O) groups excluding carboxylic acids is 1. The Morgan fingerprint density at radius 3 is 2.50 bits per heavy atom. The molecule has 0 aliphatic rings. The molecule has 0 heterocycles. The summed E-state index contributed by atoms with van der Waals surface area (Å²) in [5, 5.41) is 2.71. The topological polar surface area (TPSA) is 64.3 Å². The van der Waals surface area contributed by atoms with E-state index < -0.39 is 11.7 Å². The van der Waals surface area contributed by atoms with Crippen LogP contribution in [0.2, 0.25) is 0 Å². The van der Waals surface area contributed by atoms with Crippen LogP contribution in [0, 0.1) is 0 Å². The van der Waals surface area contributed by atoms with E-state index in [-0.39, 0.29) is 5.91 Å². The molecule has 4 heteroatoms. The van der Waals surface area contributed by atoms with Gasteiger partial charge in [0.05, 0.1) is 5.60 Å². The Morgan fingerprint density at radius 1 is 1.57 bits per heavy atom. The summed E-state index contributed by atoms with van der Waals surface area (Å²) in [5.74, 6) is -0.0828. The SMILES string of the molecule is CCNC(=O)C(C)OC(C)(CC)CN. The van der Waals surface area contributed by atoms with Crippen molar-refractivity contribution in [2.75, 3.05) is 13.1 Å². The molecule has 0 radical (unpaired) electrons. The number of hydrogen-bond donors (Lipinski definition) is 2. The monoisotopic (exact) mass is 202 g/mol. The molecular formula is C10H22N2O2. The lowest BCUT2D eigenvalue weighted by atomic mass is 10.0. The largest absolute Gasteiger partial charge is 0.361 e. The van der Waals surface area contributed by atoms with Crippen molar-refractivity contribution in [3.8, 4) is 0 Å². The van der Waals surface area contributed by atoms with E-state index in [1.165, 1.54) is 0 Å². The molecule has 14 heavy (non-hydrogen) atoms. The quantitative estimate of drug-likeness (QED) is 0.665. The lowest BCUT2D eigenvalue weighted by Gasteiger charge is -2.30. The summed E-state index contributed by atoms with van der Waals surface area (Å²) in [4.78, 5) is 11.4. The van der Waals surface area contributed by atoms with Gasteiger partial charge in [-0.05, 0) is 27.2 Å². The minimum absolute atomic E-state index is 0.0828. The van der Waals surface area contributed by atoms with Crippen LogP contribution in [-0.2, 0) is 9.53 Å². The molecule has 0 spiro atoms. The second kappa shape index (κ2) is 5.98. The van der Waals surface area contributed by atoms with Crippen molar-refractivity contribution in [1.29, 1.82) is 0 Å². The van der Waals surface area contributed by atoms with Gasteiger partial charge in [-0.25, -0.2) is 0 Å². The zero-order valence-electron chi connectivity index (χ0n) is 9.59. The summed E-state index contributed by atoms with van der Waals surface area (Å²) in [5.41, 5.74) is 5.18. The molecule has 0 aromatic carbocycles.